The highest BCUT2D eigenvalue weighted by Gasteiger charge is 2.21. The summed E-state index contributed by atoms with van der Waals surface area (Å²) in [4.78, 5) is 10.5. The van der Waals surface area contributed by atoms with Crippen LogP contribution < -0.4 is 5.73 Å². The molecule has 0 aliphatic rings. The van der Waals surface area contributed by atoms with Crippen LogP contribution >= 0.6 is 23.2 Å². The zero-order valence-electron chi connectivity index (χ0n) is 8.48. The molecule has 0 radical (unpaired) electrons. The van der Waals surface area contributed by atoms with Crippen molar-refractivity contribution in [3.63, 3.8) is 0 Å². The Bertz CT molecular complexity index is 398. The maximum absolute atomic E-state index is 10.5. The second kappa shape index (κ2) is 5.39. The van der Waals surface area contributed by atoms with Crippen molar-refractivity contribution in [2.24, 2.45) is 5.73 Å². The number of ether oxygens (including phenoxy) is 1. The highest BCUT2D eigenvalue weighted by Crippen LogP contribution is 2.29. The number of hydrogen-bond donors (Lipinski definition) is 2. The molecule has 6 heteroatoms. The van der Waals surface area contributed by atoms with Crippen molar-refractivity contribution < 1.29 is 14.6 Å². The van der Waals surface area contributed by atoms with Crippen molar-refractivity contribution >= 4 is 29.3 Å². The number of rotatable bonds is 3. The molecule has 0 fully saturated rings. The standard InChI is InChI=1S/C10H11Cl2NO3/c1-5(16-10(13)15)9(14)7-4-6(11)2-3-8(7)12/h2-5,9,14H,1H3,(H2,13,15)/t5-,9+/m1/s1. The molecule has 4 nitrogen and oxygen atoms in total. The summed E-state index contributed by atoms with van der Waals surface area (Å²) in [6, 6.07) is 4.66. The Morgan fingerprint density at radius 2 is 2.12 bits per heavy atom. The molecule has 16 heavy (non-hydrogen) atoms. The van der Waals surface area contributed by atoms with Crippen LogP contribution in [0.3, 0.4) is 0 Å². The number of benzene rings is 1. The molecule has 1 aromatic carbocycles. The molecule has 0 aliphatic heterocycles. The molecule has 0 unspecified atom stereocenters. The van der Waals surface area contributed by atoms with Crippen LogP contribution in [0.1, 0.15) is 18.6 Å². The van der Waals surface area contributed by atoms with Crippen LogP contribution in [0.25, 0.3) is 0 Å². The van der Waals surface area contributed by atoms with E-state index >= 15 is 0 Å². The molecule has 88 valence electrons. The van der Waals surface area contributed by atoms with Gasteiger partial charge in [-0.15, -0.1) is 0 Å². The van der Waals surface area contributed by atoms with Crippen LogP contribution in [0.4, 0.5) is 4.79 Å². The Morgan fingerprint density at radius 1 is 1.50 bits per heavy atom. The van der Waals surface area contributed by atoms with Gasteiger partial charge in [0, 0.05) is 15.6 Å². The fourth-order valence-electron chi connectivity index (χ4n) is 1.24. The van der Waals surface area contributed by atoms with E-state index in [0.717, 1.165) is 0 Å². The number of aliphatic hydroxyl groups is 1. The van der Waals surface area contributed by atoms with Gasteiger partial charge in [-0.2, -0.15) is 0 Å². The van der Waals surface area contributed by atoms with Crippen LogP contribution in [-0.4, -0.2) is 17.3 Å². The van der Waals surface area contributed by atoms with Gasteiger partial charge in [0.15, 0.2) is 0 Å². The normalized spacial score (nSPS) is 14.2. The molecule has 0 spiro atoms. The SMILES string of the molecule is C[C@@H](OC(N)=O)[C@H](O)c1cc(Cl)ccc1Cl. The minimum Gasteiger partial charge on any atom is -0.444 e. The first-order chi connectivity index (χ1) is 7.41. The Labute approximate surface area is 103 Å². The fraction of sp³-hybridized carbons (Fsp3) is 0.300. The third kappa shape index (κ3) is 3.27. The van der Waals surface area contributed by atoms with Gasteiger partial charge in [0.25, 0.3) is 0 Å². The van der Waals surface area contributed by atoms with Gasteiger partial charge >= 0.3 is 6.09 Å². The summed E-state index contributed by atoms with van der Waals surface area (Å²) in [5.41, 5.74) is 5.24. The van der Waals surface area contributed by atoms with Crippen molar-refractivity contribution in [3.8, 4) is 0 Å². The number of hydrogen-bond acceptors (Lipinski definition) is 3. The lowest BCUT2D eigenvalue weighted by atomic mass is 10.1. The second-order valence-corrected chi connectivity index (χ2v) is 4.10. The molecule has 2 atom stereocenters. The molecular weight excluding hydrogens is 253 g/mol. The molecule has 0 saturated heterocycles. The van der Waals surface area contributed by atoms with E-state index < -0.39 is 18.3 Å². The summed E-state index contributed by atoms with van der Waals surface area (Å²) in [6.07, 6.45) is -2.82. The largest absolute Gasteiger partial charge is 0.444 e. The van der Waals surface area contributed by atoms with Gasteiger partial charge in [0.1, 0.15) is 12.2 Å². The van der Waals surface area contributed by atoms with E-state index in [-0.39, 0.29) is 0 Å². The smallest absolute Gasteiger partial charge is 0.404 e. The van der Waals surface area contributed by atoms with E-state index in [1.165, 1.54) is 13.0 Å². The zero-order valence-corrected chi connectivity index (χ0v) is 10.00. The first kappa shape index (κ1) is 13.1. The van der Waals surface area contributed by atoms with E-state index in [1.807, 2.05) is 0 Å². The molecule has 0 aromatic heterocycles. The Morgan fingerprint density at radius 3 is 2.69 bits per heavy atom. The van der Waals surface area contributed by atoms with Crippen LogP contribution in [0.5, 0.6) is 0 Å². The summed E-state index contributed by atoms with van der Waals surface area (Å²) in [7, 11) is 0. The van der Waals surface area contributed by atoms with E-state index in [2.05, 4.69) is 4.74 Å². The monoisotopic (exact) mass is 263 g/mol. The molecule has 0 bridgehead atoms. The Balaban J connectivity index is 2.90. The van der Waals surface area contributed by atoms with Gasteiger partial charge in [-0.05, 0) is 25.1 Å². The van der Waals surface area contributed by atoms with Gasteiger partial charge in [0.2, 0.25) is 0 Å². The quantitative estimate of drug-likeness (QED) is 0.880. The van der Waals surface area contributed by atoms with E-state index in [0.29, 0.717) is 15.6 Å². The number of halogens is 2. The van der Waals surface area contributed by atoms with Gasteiger partial charge in [-0.25, -0.2) is 4.79 Å². The number of carbonyl (C=O) groups excluding carboxylic acids is 1. The molecule has 1 amide bonds. The maximum atomic E-state index is 10.5. The third-order valence-corrected chi connectivity index (χ3v) is 2.60. The molecule has 3 N–H and O–H groups in total. The first-order valence-electron chi connectivity index (χ1n) is 4.51. The second-order valence-electron chi connectivity index (χ2n) is 3.25. The molecule has 1 rings (SSSR count). The average molecular weight is 264 g/mol. The number of amides is 1. The topological polar surface area (TPSA) is 72.5 Å². The van der Waals surface area contributed by atoms with Crippen LogP contribution in [0.15, 0.2) is 18.2 Å². The zero-order chi connectivity index (χ0) is 12.3. The van der Waals surface area contributed by atoms with Crippen molar-refractivity contribution in [2.75, 3.05) is 0 Å². The minimum atomic E-state index is -1.07. The predicted molar refractivity (Wildman–Crippen MR) is 61.6 cm³/mol. The minimum absolute atomic E-state index is 0.344. The Kier molecular flexibility index (Phi) is 4.41. The van der Waals surface area contributed by atoms with E-state index in [4.69, 9.17) is 28.9 Å². The summed E-state index contributed by atoms with van der Waals surface area (Å²) in [6.45, 7) is 1.51. The van der Waals surface area contributed by atoms with E-state index in [9.17, 15) is 9.90 Å². The first-order valence-corrected chi connectivity index (χ1v) is 5.26. The molecule has 0 saturated carbocycles. The van der Waals surface area contributed by atoms with Crippen LogP contribution in [0.2, 0.25) is 10.0 Å². The fourth-order valence-corrected chi connectivity index (χ4v) is 1.65. The highest BCUT2D eigenvalue weighted by atomic mass is 35.5. The van der Waals surface area contributed by atoms with Crippen molar-refractivity contribution in [2.45, 2.75) is 19.1 Å². The maximum Gasteiger partial charge on any atom is 0.404 e. The molecule has 0 aliphatic carbocycles. The van der Waals surface area contributed by atoms with Crippen molar-refractivity contribution in [1.82, 2.24) is 0 Å². The lowest BCUT2D eigenvalue weighted by Gasteiger charge is -2.19. The number of primary amides is 1. The van der Waals surface area contributed by atoms with Gasteiger partial charge in [-0.1, -0.05) is 23.2 Å². The van der Waals surface area contributed by atoms with Crippen molar-refractivity contribution in [1.29, 1.82) is 0 Å². The number of nitrogens with two attached hydrogens (primary N) is 1. The van der Waals surface area contributed by atoms with E-state index in [1.54, 1.807) is 12.1 Å². The van der Waals surface area contributed by atoms with Crippen molar-refractivity contribution in [3.05, 3.63) is 33.8 Å². The summed E-state index contributed by atoms with van der Waals surface area (Å²) in [5.74, 6) is 0. The lowest BCUT2D eigenvalue weighted by molar-refractivity contribution is 0.0158. The Hall–Kier alpha value is -0.970. The third-order valence-electron chi connectivity index (χ3n) is 2.02. The summed E-state index contributed by atoms with van der Waals surface area (Å²) >= 11 is 11.7. The van der Waals surface area contributed by atoms with Crippen LogP contribution in [-0.2, 0) is 4.74 Å². The molecular formula is C10H11Cl2NO3. The van der Waals surface area contributed by atoms with Gasteiger partial charge in [-0.3, -0.25) is 0 Å². The highest BCUT2D eigenvalue weighted by molar-refractivity contribution is 6.33. The average Bonchev–Trinajstić information content (AvgIpc) is 2.19. The molecule has 0 heterocycles. The number of carbonyl (C=O) groups is 1. The van der Waals surface area contributed by atoms with Gasteiger partial charge in [0.05, 0.1) is 0 Å². The van der Waals surface area contributed by atoms with Gasteiger partial charge < -0.3 is 15.6 Å². The summed E-state index contributed by atoms with van der Waals surface area (Å²) in [5, 5.41) is 10.6. The number of aliphatic hydroxyl groups excluding tert-OH is 1. The summed E-state index contributed by atoms with van der Waals surface area (Å²) < 4.78 is 4.65. The predicted octanol–water partition coefficient (Wildman–Crippen LogP) is 2.51. The lowest BCUT2D eigenvalue weighted by Crippen LogP contribution is -2.26. The van der Waals surface area contributed by atoms with Crippen LogP contribution in [0, 0.1) is 0 Å². The molecule has 1 aromatic rings.